The molecular weight excluding hydrogens is 390 g/mol. The van der Waals surface area contributed by atoms with Crippen LogP contribution in [-0.4, -0.2) is 54.1 Å². The first kappa shape index (κ1) is 20.7. The van der Waals surface area contributed by atoms with E-state index < -0.39 is 10.8 Å². The Morgan fingerprint density at radius 1 is 1.10 bits per heavy atom. The number of piperazine rings is 1. The maximum Gasteiger partial charge on any atom is 0.273 e. The molecule has 0 radical (unpaired) electrons. The van der Waals surface area contributed by atoms with Crippen molar-refractivity contribution >= 4 is 40.3 Å². The molecule has 2 aromatic rings. The molecule has 0 saturated carbocycles. The van der Waals surface area contributed by atoms with Gasteiger partial charge in [-0.05, 0) is 44.4 Å². The van der Waals surface area contributed by atoms with Crippen LogP contribution in [0, 0.1) is 17.0 Å². The quantitative estimate of drug-likeness (QED) is 0.452. The fourth-order valence-electron chi connectivity index (χ4n) is 3.29. The number of nitro benzene ring substituents is 1. The zero-order chi connectivity index (χ0) is 21.0. The molecule has 0 atom stereocenters. The van der Waals surface area contributed by atoms with Gasteiger partial charge in [0.1, 0.15) is 0 Å². The minimum Gasteiger partial charge on any atom is -0.367 e. The number of anilines is 2. The zero-order valence-corrected chi connectivity index (χ0v) is 17.2. The van der Waals surface area contributed by atoms with E-state index in [1.165, 1.54) is 12.1 Å². The van der Waals surface area contributed by atoms with Crippen LogP contribution < -0.4 is 15.5 Å². The number of likely N-dealkylation sites (N-methyl/N-ethyl adjacent to an activating group) is 1. The predicted octanol–water partition coefficient (Wildman–Crippen LogP) is 2.78. The van der Waals surface area contributed by atoms with Crippen molar-refractivity contribution in [3.63, 3.8) is 0 Å². The van der Waals surface area contributed by atoms with Crippen molar-refractivity contribution in [3.05, 3.63) is 63.7 Å². The van der Waals surface area contributed by atoms with E-state index in [4.69, 9.17) is 12.2 Å². The number of amides is 1. The summed E-state index contributed by atoms with van der Waals surface area (Å²) in [6, 6.07) is 12.2. The summed E-state index contributed by atoms with van der Waals surface area (Å²) in [5.41, 5.74) is 2.24. The van der Waals surface area contributed by atoms with Gasteiger partial charge in [0.2, 0.25) is 0 Å². The standard InChI is InChI=1S/C20H23N5O3S/c1-14-15(6-5-9-17(14)25(27)28)19(26)22-20(29)21-16-7-3-4-8-18(16)24-12-10-23(2)11-13-24/h3-9H,10-13H2,1-2H3,(H2,21,22,26,29). The van der Waals surface area contributed by atoms with Crippen molar-refractivity contribution in [2.24, 2.45) is 0 Å². The number of nitrogens with zero attached hydrogens (tertiary/aromatic N) is 3. The SMILES string of the molecule is Cc1c(C(=O)NC(=S)Nc2ccccc2N2CCN(C)CC2)cccc1[N+](=O)[O-]. The number of hydrogen-bond acceptors (Lipinski definition) is 6. The lowest BCUT2D eigenvalue weighted by atomic mass is 10.1. The van der Waals surface area contributed by atoms with Gasteiger partial charge in [0.25, 0.3) is 11.6 Å². The molecule has 0 bridgehead atoms. The molecule has 0 aromatic heterocycles. The highest BCUT2D eigenvalue weighted by molar-refractivity contribution is 7.80. The van der Waals surface area contributed by atoms with E-state index >= 15 is 0 Å². The van der Waals surface area contributed by atoms with Crippen molar-refractivity contribution in [2.45, 2.75) is 6.92 Å². The van der Waals surface area contributed by atoms with Gasteiger partial charge in [0.15, 0.2) is 5.11 Å². The summed E-state index contributed by atoms with van der Waals surface area (Å²) in [5, 5.41) is 16.9. The molecule has 1 aliphatic rings. The molecule has 1 amide bonds. The number of carbonyl (C=O) groups excluding carboxylic acids is 1. The van der Waals surface area contributed by atoms with Gasteiger partial charge in [0, 0.05) is 43.4 Å². The molecule has 8 nitrogen and oxygen atoms in total. The summed E-state index contributed by atoms with van der Waals surface area (Å²) in [6.45, 7) is 5.30. The Labute approximate surface area is 174 Å². The fraction of sp³-hybridized carbons (Fsp3) is 0.300. The summed E-state index contributed by atoms with van der Waals surface area (Å²) in [4.78, 5) is 27.7. The number of rotatable bonds is 4. The van der Waals surface area contributed by atoms with Gasteiger partial charge in [-0.1, -0.05) is 18.2 Å². The number of nitro groups is 1. The van der Waals surface area contributed by atoms with Gasteiger partial charge < -0.3 is 15.1 Å². The van der Waals surface area contributed by atoms with E-state index in [-0.39, 0.29) is 16.4 Å². The van der Waals surface area contributed by atoms with Gasteiger partial charge in [-0.25, -0.2) is 0 Å². The summed E-state index contributed by atoms with van der Waals surface area (Å²) in [5.74, 6) is -0.485. The molecule has 1 heterocycles. The largest absolute Gasteiger partial charge is 0.367 e. The lowest BCUT2D eigenvalue weighted by Crippen LogP contribution is -2.45. The molecule has 0 aliphatic carbocycles. The molecule has 29 heavy (non-hydrogen) atoms. The molecule has 1 aliphatic heterocycles. The maximum atomic E-state index is 12.6. The van der Waals surface area contributed by atoms with Crippen LogP contribution in [0.2, 0.25) is 0 Å². The van der Waals surface area contributed by atoms with Gasteiger partial charge in [-0.3, -0.25) is 20.2 Å². The number of para-hydroxylation sites is 2. The second kappa shape index (κ2) is 8.97. The van der Waals surface area contributed by atoms with Gasteiger partial charge in [0.05, 0.1) is 16.3 Å². The average molecular weight is 414 g/mol. The van der Waals surface area contributed by atoms with E-state index in [2.05, 4.69) is 27.5 Å². The molecule has 9 heteroatoms. The maximum absolute atomic E-state index is 12.6. The minimum atomic E-state index is -0.505. The van der Waals surface area contributed by atoms with Crippen molar-refractivity contribution < 1.29 is 9.72 Å². The van der Waals surface area contributed by atoms with Crippen LogP contribution in [-0.2, 0) is 0 Å². The summed E-state index contributed by atoms with van der Waals surface area (Å²) in [6.07, 6.45) is 0. The highest BCUT2D eigenvalue weighted by Crippen LogP contribution is 2.26. The Balaban J connectivity index is 1.71. The van der Waals surface area contributed by atoms with Crippen LogP contribution in [0.4, 0.5) is 17.1 Å². The van der Waals surface area contributed by atoms with Crippen LogP contribution in [0.1, 0.15) is 15.9 Å². The normalized spacial score (nSPS) is 14.3. The number of thiocarbonyl (C=S) groups is 1. The zero-order valence-electron chi connectivity index (χ0n) is 16.3. The van der Waals surface area contributed by atoms with Crippen LogP contribution in [0.5, 0.6) is 0 Å². The molecule has 1 fully saturated rings. The van der Waals surface area contributed by atoms with Crippen LogP contribution >= 0.6 is 12.2 Å². The second-order valence-corrected chi connectivity index (χ2v) is 7.33. The predicted molar refractivity (Wildman–Crippen MR) is 118 cm³/mol. The van der Waals surface area contributed by atoms with E-state index in [0.29, 0.717) is 5.56 Å². The third-order valence-electron chi connectivity index (χ3n) is 4.97. The Morgan fingerprint density at radius 3 is 2.48 bits per heavy atom. The lowest BCUT2D eigenvalue weighted by molar-refractivity contribution is -0.385. The third-order valence-corrected chi connectivity index (χ3v) is 5.17. The molecule has 0 spiro atoms. The average Bonchev–Trinajstić information content (AvgIpc) is 2.69. The first-order valence-corrected chi connectivity index (χ1v) is 9.66. The van der Waals surface area contributed by atoms with Crippen molar-refractivity contribution in [3.8, 4) is 0 Å². The first-order chi connectivity index (χ1) is 13.9. The monoisotopic (exact) mass is 413 g/mol. The van der Waals surface area contributed by atoms with Gasteiger partial charge in [-0.2, -0.15) is 0 Å². The molecular formula is C20H23N5O3S. The van der Waals surface area contributed by atoms with Crippen molar-refractivity contribution in [1.82, 2.24) is 10.2 Å². The topological polar surface area (TPSA) is 90.8 Å². The van der Waals surface area contributed by atoms with E-state index in [1.54, 1.807) is 13.0 Å². The number of benzene rings is 2. The molecule has 3 rings (SSSR count). The molecule has 152 valence electrons. The Bertz CT molecular complexity index is 941. The van der Waals surface area contributed by atoms with E-state index in [1.807, 2.05) is 24.3 Å². The highest BCUT2D eigenvalue weighted by Gasteiger charge is 2.20. The molecule has 2 aromatic carbocycles. The Kier molecular flexibility index (Phi) is 6.40. The first-order valence-electron chi connectivity index (χ1n) is 9.25. The van der Waals surface area contributed by atoms with E-state index in [9.17, 15) is 14.9 Å². The summed E-state index contributed by atoms with van der Waals surface area (Å²) >= 11 is 5.32. The summed E-state index contributed by atoms with van der Waals surface area (Å²) in [7, 11) is 2.10. The van der Waals surface area contributed by atoms with Gasteiger partial charge in [-0.15, -0.1) is 0 Å². The smallest absolute Gasteiger partial charge is 0.273 e. The Hall–Kier alpha value is -3.04. The van der Waals surface area contributed by atoms with Crippen LogP contribution in [0.15, 0.2) is 42.5 Å². The number of nitrogens with one attached hydrogen (secondary N) is 2. The van der Waals surface area contributed by atoms with Crippen molar-refractivity contribution in [1.29, 1.82) is 0 Å². The lowest BCUT2D eigenvalue weighted by Gasteiger charge is -2.35. The second-order valence-electron chi connectivity index (χ2n) is 6.92. The van der Waals surface area contributed by atoms with E-state index in [0.717, 1.165) is 37.6 Å². The number of carbonyl (C=O) groups is 1. The molecule has 0 unspecified atom stereocenters. The van der Waals surface area contributed by atoms with Crippen LogP contribution in [0.3, 0.4) is 0 Å². The molecule has 1 saturated heterocycles. The molecule has 2 N–H and O–H groups in total. The van der Waals surface area contributed by atoms with Crippen LogP contribution in [0.25, 0.3) is 0 Å². The number of hydrogen-bond donors (Lipinski definition) is 2. The summed E-state index contributed by atoms with van der Waals surface area (Å²) < 4.78 is 0. The fourth-order valence-corrected chi connectivity index (χ4v) is 3.50. The highest BCUT2D eigenvalue weighted by atomic mass is 32.1. The third kappa shape index (κ3) is 4.87. The van der Waals surface area contributed by atoms with Crippen molar-refractivity contribution in [2.75, 3.05) is 43.4 Å². The van der Waals surface area contributed by atoms with Gasteiger partial charge >= 0.3 is 0 Å². The minimum absolute atomic E-state index is 0.100. The Morgan fingerprint density at radius 2 is 1.79 bits per heavy atom.